The van der Waals surface area contributed by atoms with E-state index < -0.39 is 5.82 Å². The lowest BCUT2D eigenvalue weighted by Gasteiger charge is -2.25. The monoisotopic (exact) mass is 719 g/mol. The molecule has 0 saturated heterocycles. The summed E-state index contributed by atoms with van der Waals surface area (Å²) in [5, 5.41) is 11.5. The highest BCUT2D eigenvalue weighted by Crippen LogP contribution is 2.35. The molecule has 256 valence electrons. The molecule has 2 heterocycles. The maximum Gasteiger partial charge on any atom is 0.164 e. The Morgan fingerprint density at radius 3 is 2.12 bits per heavy atom. The van der Waals surface area contributed by atoms with Crippen LogP contribution in [0.3, 0.4) is 0 Å². The van der Waals surface area contributed by atoms with Crippen molar-refractivity contribution in [2.24, 2.45) is 0 Å². The fraction of sp³-hybridized carbons (Fsp3) is 0.114. The summed E-state index contributed by atoms with van der Waals surface area (Å²) in [4.78, 5) is 14.9. The average Bonchev–Trinajstić information content (AvgIpc) is 3.58. The molecule has 0 aliphatic rings. The fourth-order valence-electron chi connectivity index (χ4n) is 6.98. The number of furan rings is 1. The van der Waals surface area contributed by atoms with Crippen LogP contribution in [0.1, 0.15) is 41.9 Å². The maximum absolute atomic E-state index is 10.5. The zero-order valence-corrected chi connectivity index (χ0v) is 31.8. The van der Waals surface area contributed by atoms with Gasteiger partial charge in [0.1, 0.15) is 64.0 Å². The van der Waals surface area contributed by atoms with Crippen molar-refractivity contribution in [3.63, 3.8) is 0 Å². The predicted octanol–water partition coefficient (Wildman–Crippen LogP) is 3.41. The highest BCUT2D eigenvalue weighted by atomic mass is 16.3. The van der Waals surface area contributed by atoms with E-state index in [1.807, 2.05) is 99.7 Å². The van der Waals surface area contributed by atoms with E-state index in [0.717, 1.165) is 22.3 Å². The number of rotatable bonds is 9. The summed E-state index contributed by atoms with van der Waals surface area (Å²) >= 11 is 0. The van der Waals surface area contributed by atoms with Crippen molar-refractivity contribution < 1.29 is 9.52 Å². The van der Waals surface area contributed by atoms with Gasteiger partial charge in [-0.2, -0.15) is 0 Å². The number of phenols is 1. The minimum atomic E-state index is -0.559. The third kappa shape index (κ3) is 7.52. The third-order valence-electron chi connectivity index (χ3n) is 9.97. The zero-order valence-electron chi connectivity index (χ0n) is 31.8. The van der Waals surface area contributed by atoms with Crippen molar-refractivity contribution >= 4 is 129 Å². The van der Waals surface area contributed by atoms with Crippen LogP contribution in [0.15, 0.2) is 102 Å². The van der Waals surface area contributed by atoms with Gasteiger partial charge in [0.25, 0.3) is 0 Å². The number of aromatic nitrogens is 3. The van der Waals surface area contributed by atoms with Crippen LogP contribution in [0.5, 0.6) is 5.75 Å². The number of aromatic hydroxyl groups is 1. The first-order chi connectivity index (χ1) is 27.3. The molecule has 5 nitrogen and oxygen atoms in total. The fourth-order valence-corrected chi connectivity index (χ4v) is 6.98. The topological polar surface area (TPSA) is 72.0 Å². The van der Waals surface area contributed by atoms with Gasteiger partial charge in [0, 0.05) is 27.5 Å². The molecule has 0 bridgehead atoms. The lowest BCUT2D eigenvalue weighted by Crippen LogP contribution is -2.34. The molecule has 2 unspecified atom stereocenters. The Hall–Kier alpha value is -5.55. The van der Waals surface area contributed by atoms with Gasteiger partial charge in [-0.3, -0.25) is 0 Å². The van der Waals surface area contributed by atoms with Crippen molar-refractivity contribution in [2.45, 2.75) is 32.4 Å². The zero-order chi connectivity index (χ0) is 40.7. The predicted molar refractivity (Wildman–Crippen MR) is 244 cm³/mol. The van der Waals surface area contributed by atoms with Crippen molar-refractivity contribution in [1.29, 1.82) is 0 Å². The molecular formula is C44H29B8N3O2. The first kappa shape index (κ1) is 39.7. The Kier molecular flexibility index (Phi) is 11.2. The van der Waals surface area contributed by atoms with Gasteiger partial charge in [0.2, 0.25) is 0 Å². The van der Waals surface area contributed by atoms with Gasteiger partial charge in [0.15, 0.2) is 17.5 Å². The highest BCUT2D eigenvalue weighted by Gasteiger charge is 2.24. The number of fused-ring (bicyclic) bond motifs is 3. The molecule has 0 fully saturated rings. The number of phenolic OH excluding ortho intramolecular Hbond substituents is 1. The Morgan fingerprint density at radius 2 is 1.44 bits per heavy atom. The number of hydrogen-bond acceptors (Lipinski definition) is 5. The Morgan fingerprint density at radius 1 is 0.754 bits per heavy atom. The molecule has 0 amide bonds. The minimum absolute atomic E-state index is 0.0393. The molecule has 7 aromatic rings. The van der Waals surface area contributed by atoms with Gasteiger partial charge >= 0.3 is 0 Å². The van der Waals surface area contributed by atoms with E-state index in [-0.39, 0.29) is 67.2 Å². The van der Waals surface area contributed by atoms with Crippen molar-refractivity contribution in [2.75, 3.05) is 0 Å². The Labute approximate surface area is 343 Å². The normalized spacial score (nSPS) is 13.3. The third-order valence-corrected chi connectivity index (χ3v) is 9.97. The molecule has 5 aromatic carbocycles. The van der Waals surface area contributed by atoms with E-state index >= 15 is 0 Å². The van der Waals surface area contributed by atoms with Gasteiger partial charge in [-0.05, 0) is 47.6 Å². The van der Waals surface area contributed by atoms with Crippen LogP contribution in [0.4, 0.5) is 0 Å². The number of benzene rings is 5. The largest absolute Gasteiger partial charge is 0.509 e. The van der Waals surface area contributed by atoms with Gasteiger partial charge in [-0.1, -0.05) is 149 Å². The van der Waals surface area contributed by atoms with E-state index in [0.29, 0.717) is 38.9 Å². The summed E-state index contributed by atoms with van der Waals surface area (Å²) in [5.41, 5.74) is 7.44. The second-order valence-corrected chi connectivity index (χ2v) is 14.0. The molecule has 0 spiro atoms. The Balaban J connectivity index is 1.45. The van der Waals surface area contributed by atoms with Crippen LogP contribution in [0.25, 0.3) is 67.8 Å². The molecule has 0 saturated carbocycles. The quantitative estimate of drug-likeness (QED) is 0.183. The van der Waals surface area contributed by atoms with E-state index in [1.54, 1.807) is 12.1 Å². The summed E-state index contributed by atoms with van der Waals surface area (Å²) in [6.07, 6.45) is 10.2. The summed E-state index contributed by atoms with van der Waals surface area (Å²) in [5.74, 6) is -0.524. The van der Waals surface area contributed by atoms with E-state index in [1.165, 1.54) is 0 Å². The number of nitrogens with zero attached hydrogens (tertiary/aromatic N) is 3. The molecule has 0 aliphatic heterocycles. The molecular weight excluding hydrogens is 689 g/mol. The first-order valence-corrected chi connectivity index (χ1v) is 18.2. The molecule has 16 radical (unpaired) electrons. The number of hydrogen-bond donors (Lipinski definition) is 1. The number of aryl methyl sites for hydroxylation is 1. The van der Waals surface area contributed by atoms with Gasteiger partial charge in [-0.15, -0.1) is 0 Å². The SMILES string of the molecule is [B]c1cc2c(oc3c([B])cc([B])c(-c4nc(-c5ccc(C(/C=C\C)=C/C=C/c6ccccc6)cc5)nc(-c5cc(C)c(C([B])C([B])C)c([B])c5[B])n4)c32)c([B])c1O. The summed E-state index contributed by atoms with van der Waals surface area (Å²) in [6, 6.07) is 22.9. The van der Waals surface area contributed by atoms with Crippen LogP contribution < -0.4 is 32.8 Å². The molecule has 2 atom stereocenters. The molecule has 13 heteroatoms. The van der Waals surface area contributed by atoms with Crippen LogP contribution in [-0.2, 0) is 0 Å². The molecule has 7 rings (SSSR count). The molecule has 2 aromatic heterocycles. The van der Waals surface area contributed by atoms with Crippen LogP contribution in [0, 0.1) is 6.92 Å². The summed E-state index contributed by atoms with van der Waals surface area (Å²) in [7, 11) is 51.7. The lowest BCUT2D eigenvalue weighted by molar-refractivity contribution is 0.483. The van der Waals surface area contributed by atoms with Crippen molar-refractivity contribution in [3.05, 3.63) is 119 Å². The molecule has 0 aliphatic carbocycles. The average molecular weight is 718 g/mol. The van der Waals surface area contributed by atoms with E-state index in [4.69, 9.17) is 82.1 Å². The van der Waals surface area contributed by atoms with Crippen molar-refractivity contribution in [1.82, 2.24) is 15.0 Å². The van der Waals surface area contributed by atoms with E-state index in [9.17, 15) is 5.11 Å². The second-order valence-electron chi connectivity index (χ2n) is 14.0. The van der Waals surface area contributed by atoms with Crippen LogP contribution >= 0.6 is 0 Å². The second kappa shape index (κ2) is 16.1. The highest BCUT2D eigenvalue weighted by molar-refractivity contribution is 6.52. The molecule has 57 heavy (non-hydrogen) atoms. The van der Waals surface area contributed by atoms with Crippen molar-refractivity contribution in [3.8, 4) is 39.9 Å². The number of allylic oxidation sites excluding steroid dienone is 5. The Bertz CT molecular complexity index is 2780. The van der Waals surface area contributed by atoms with Crippen LogP contribution in [0.2, 0.25) is 5.82 Å². The molecule has 1 N–H and O–H groups in total. The first-order valence-electron chi connectivity index (χ1n) is 18.2. The van der Waals surface area contributed by atoms with Gasteiger partial charge in [0.05, 0.1) is 15.7 Å². The smallest absolute Gasteiger partial charge is 0.164 e. The van der Waals surface area contributed by atoms with Crippen LogP contribution in [-0.4, -0.2) is 82.8 Å². The summed E-state index contributed by atoms with van der Waals surface area (Å²) in [6.45, 7) is 5.66. The van der Waals surface area contributed by atoms with Gasteiger partial charge in [-0.25, -0.2) is 15.0 Å². The minimum Gasteiger partial charge on any atom is -0.509 e. The van der Waals surface area contributed by atoms with Gasteiger partial charge < -0.3 is 9.52 Å². The summed E-state index contributed by atoms with van der Waals surface area (Å²) < 4.78 is 6.14. The van der Waals surface area contributed by atoms with E-state index in [2.05, 4.69) is 12.2 Å². The maximum atomic E-state index is 10.5. The lowest BCUT2D eigenvalue weighted by atomic mass is 9.59. The standard InChI is InChI=1S/C44H29B8N3O2/c1-4-9-24(13-8-12-23-10-6-5-7-11-23)25-14-16-26(17-15-25)42-53-43(28-18-21(2)32(35(49)22(3)45)37(51)36(28)50)55-44(54-42)34-29(46)20-31(48)41-33(34)27-19-30(47)39(56)38(52)40(27)57-41/h4-20,22,35,56H,1-3H3/b9-4-,12-8+,24-13+.